The summed E-state index contributed by atoms with van der Waals surface area (Å²) in [4.78, 5) is 15.4. The maximum atomic E-state index is 13.1. The molecule has 1 atom stereocenters. The summed E-state index contributed by atoms with van der Waals surface area (Å²) in [5, 5.41) is 0. The van der Waals surface area contributed by atoms with Crippen LogP contribution in [0.3, 0.4) is 0 Å². The predicted octanol–water partition coefficient (Wildman–Crippen LogP) is 3.15. The second-order valence-electron chi connectivity index (χ2n) is 5.75. The van der Waals surface area contributed by atoms with E-state index in [1.54, 1.807) is 32.4 Å². The van der Waals surface area contributed by atoms with E-state index in [2.05, 4.69) is 11.8 Å². The molecule has 21 heavy (non-hydrogen) atoms. The lowest BCUT2D eigenvalue weighted by Gasteiger charge is -2.36. The molecule has 2 rings (SSSR count). The molecule has 1 heterocycles. The molecule has 0 aliphatic carbocycles. The molecule has 0 saturated carbocycles. The van der Waals surface area contributed by atoms with E-state index in [9.17, 15) is 4.79 Å². The topological polar surface area (TPSA) is 38.8 Å². The number of rotatable bonds is 6. The summed E-state index contributed by atoms with van der Waals surface area (Å²) >= 11 is 0. The van der Waals surface area contributed by atoms with Crippen molar-refractivity contribution in [1.29, 1.82) is 0 Å². The highest BCUT2D eigenvalue weighted by molar-refractivity contribution is 6.03. The van der Waals surface area contributed by atoms with E-state index in [1.807, 2.05) is 6.92 Å². The zero-order chi connectivity index (χ0) is 15.5. The van der Waals surface area contributed by atoms with Crippen molar-refractivity contribution in [1.82, 2.24) is 4.90 Å². The van der Waals surface area contributed by atoms with Crippen LogP contribution in [0, 0.1) is 0 Å². The van der Waals surface area contributed by atoms with Crippen LogP contribution in [0.5, 0.6) is 11.5 Å². The third-order valence-corrected chi connectivity index (χ3v) is 4.60. The molecule has 1 fully saturated rings. The first-order chi connectivity index (χ1) is 10.0. The maximum Gasteiger partial charge on any atom is 0.183 e. The molecule has 0 amide bonds. The van der Waals surface area contributed by atoms with Crippen molar-refractivity contribution in [3.05, 3.63) is 23.8 Å². The average Bonchev–Trinajstić information content (AvgIpc) is 3.07. The highest BCUT2D eigenvalue weighted by atomic mass is 16.5. The van der Waals surface area contributed by atoms with Crippen LogP contribution < -0.4 is 9.47 Å². The number of hydrogen-bond donors (Lipinski definition) is 0. The normalized spacial score (nSPS) is 18.3. The molecule has 0 bridgehead atoms. The summed E-state index contributed by atoms with van der Waals surface area (Å²) in [6.45, 7) is 6.12. The molecule has 0 N–H and O–H groups in total. The molecule has 1 aromatic carbocycles. The Morgan fingerprint density at radius 2 is 1.67 bits per heavy atom. The van der Waals surface area contributed by atoms with E-state index in [-0.39, 0.29) is 5.78 Å². The Bertz CT molecular complexity index is 487. The van der Waals surface area contributed by atoms with E-state index in [0.717, 1.165) is 19.5 Å². The van der Waals surface area contributed by atoms with Gasteiger partial charge >= 0.3 is 0 Å². The number of methoxy groups -OCH3 is 2. The van der Waals surface area contributed by atoms with Crippen molar-refractivity contribution in [2.75, 3.05) is 27.3 Å². The van der Waals surface area contributed by atoms with Gasteiger partial charge in [-0.2, -0.15) is 0 Å². The minimum atomic E-state index is -0.451. The number of hydrogen-bond acceptors (Lipinski definition) is 4. The summed E-state index contributed by atoms with van der Waals surface area (Å²) in [7, 11) is 3.20. The fraction of sp³-hybridized carbons (Fsp3) is 0.588. The van der Waals surface area contributed by atoms with Gasteiger partial charge in [0.15, 0.2) is 5.78 Å². The number of ether oxygens (including phenoxy) is 2. The number of likely N-dealkylation sites (tertiary alicyclic amines) is 1. The number of ketones is 1. The standard InChI is InChI=1S/C17H25NO3/c1-5-17(2,18-8-6-7-9-18)16(19)13-10-14(20-3)12-15(11-13)21-4/h10-12H,5-9H2,1-4H3. The fourth-order valence-corrected chi connectivity index (χ4v) is 2.99. The molecule has 1 aromatic rings. The molecular formula is C17H25NO3. The van der Waals surface area contributed by atoms with Crippen LogP contribution in [0.4, 0.5) is 0 Å². The lowest BCUT2D eigenvalue weighted by molar-refractivity contribution is 0.0647. The summed E-state index contributed by atoms with van der Waals surface area (Å²) in [6, 6.07) is 5.39. The summed E-state index contributed by atoms with van der Waals surface area (Å²) in [6.07, 6.45) is 3.14. The van der Waals surface area contributed by atoms with Gasteiger partial charge in [0.05, 0.1) is 19.8 Å². The van der Waals surface area contributed by atoms with Crippen LogP contribution in [0.1, 0.15) is 43.5 Å². The van der Waals surface area contributed by atoms with Gasteiger partial charge in [-0.3, -0.25) is 9.69 Å². The Labute approximate surface area is 127 Å². The van der Waals surface area contributed by atoms with E-state index in [4.69, 9.17) is 9.47 Å². The molecule has 4 heteroatoms. The molecule has 1 aliphatic rings. The monoisotopic (exact) mass is 291 g/mol. The quantitative estimate of drug-likeness (QED) is 0.755. The van der Waals surface area contributed by atoms with Gasteiger partial charge in [-0.1, -0.05) is 6.92 Å². The summed E-state index contributed by atoms with van der Waals surface area (Å²) in [5.41, 5.74) is 0.205. The predicted molar refractivity (Wildman–Crippen MR) is 83.4 cm³/mol. The SMILES string of the molecule is CCC(C)(C(=O)c1cc(OC)cc(OC)c1)N1CCCC1. The van der Waals surface area contributed by atoms with Crippen LogP contribution in [0.2, 0.25) is 0 Å². The fourth-order valence-electron chi connectivity index (χ4n) is 2.99. The second-order valence-corrected chi connectivity index (χ2v) is 5.75. The van der Waals surface area contributed by atoms with E-state index in [1.165, 1.54) is 12.8 Å². The number of nitrogens with zero attached hydrogens (tertiary/aromatic N) is 1. The summed E-state index contributed by atoms with van der Waals surface area (Å²) < 4.78 is 10.5. The molecule has 1 unspecified atom stereocenters. The minimum absolute atomic E-state index is 0.143. The van der Waals surface area contributed by atoms with Crippen LogP contribution in [0.15, 0.2) is 18.2 Å². The highest BCUT2D eigenvalue weighted by Gasteiger charge is 2.39. The van der Waals surface area contributed by atoms with Gasteiger partial charge in [0.1, 0.15) is 11.5 Å². The van der Waals surface area contributed by atoms with E-state index in [0.29, 0.717) is 17.1 Å². The summed E-state index contributed by atoms with van der Waals surface area (Å²) in [5.74, 6) is 1.44. The molecule has 0 radical (unpaired) electrons. The third-order valence-electron chi connectivity index (χ3n) is 4.60. The van der Waals surface area contributed by atoms with Crippen LogP contribution in [-0.2, 0) is 0 Å². The first kappa shape index (κ1) is 15.8. The smallest absolute Gasteiger partial charge is 0.183 e. The zero-order valence-corrected chi connectivity index (χ0v) is 13.4. The molecule has 1 aliphatic heterocycles. The number of Topliss-reactive ketones (excluding diaryl/α,β-unsaturated/α-hetero) is 1. The zero-order valence-electron chi connectivity index (χ0n) is 13.4. The van der Waals surface area contributed by atoms with Crippen molar-refractivity contribution in [3.63, 3.8) is 0 Å². The van der Waals surface area contributed by atoms with Gasteiger partial charge in [0.25, 0.3) is 0 Å². The second kappa shape index (κ2) is 6.48. The van der Waals surface area contributed by atoms with Gasteiger partial charge in [-0.15, -0.1) is 0 Å². The molecule has 0 aromatic heterocycles. The van der Waals surface area contributed by atoms with Crippen LogP contribution in [0.25, 0.3) is 0 Å². The van der Waals surface area contributed by atoms with Gasteiger partial charge in [0, 0.05) is 11.6 Å². The van der Waals surface area contributed by atoms with Crippen molar-refractivity contribution < 1.29 is 14.3 Å². The molecule has 116 valence electrons. The highest BCUT2D eigenvalue weighted by Crippen LogP contribution is 2.31. The van der Waals surface area contributed by atoms with E-state index >= 15 is 0 Å². The largest absolute Gasteiger partial charge is 0.497 e. The first-order valence-corrected chi connectivity index (χ1v) is 7.58. The molecule has 4 nitrogen and oxygen atoms in total. The molecular weight excluding hydrogens is 266 g/mol. The number of benzene rings is 1. The Balaban J connectivity index is 2.36. The minimum Gasteiger partial charge on any atom is -0.497 e. The average molecular weight is 291 g/mol. The third kappa shape index (κ3) is 3.05. The lowest BCUT2D eigenvalue weighted by atomic mass is 9.87. The Hall–Kier alpha value is -1.55. The van der Waals surface area contributed by atoms with Crippen molar-refractivity contribution in [3.8, 4) is 11.5 Å². The molecule has 0 spiro atoms. The van der Waals surface area contributed by atoms with E-state index < -0.39 is 5.54 Å². The van der Waals surface area contributed by atoms with Crippen molar-refractivity contribution in [2.24, 2.45) is 0 Å². The maximum absolute atomic E-state index is 13.1. The van der Waals surface area contributed by atoms with Gasteiger partial charge in [-0.05, 0) is 51.4 Å². The number of carbonyl (C=O) groups excluding carboxylic acids is 1. The lowest BCUT2D eigenvalue weighted by Crippen LogP contribution is -2.50. The Morgan fingerprint density at radius 3 is 2.10 bits per heavy atom. The van der Waals surface area contributed by atoms with Crippen molar-refractivity contribution >= 4 is 5.78 Å². The number of carbonyl (C=O) groups is 1. The van der Waals surface area contributed by atoms with Crippen LogP contribution in [-0.4, -0.2) is 43.5 Å². The Morgan fingerprint density at radius 1 is 1.14 bits per heavy atom. The van der Waals surface area contributed by atoms with Gasteiger partial charge in [-0.25, -0.2) is 0 Å². The first-order valence-electron chi connectivity index (χ1n) is 7.58. The Kier molecular flexibility index (Phi) is 4.88. The van der Waals surface area contributed by atoms with Crippen LogP contribution >= 0.6 is 0 Å². The molecule has 1 saturated heterocycles. The van der Waals surface area contributed by atoms with Crippen molar-refractivity contribution in [2.45, 2.75) is 38.6 Å². The van der Waals surface area contributed by atoms with Gasteiger partial charge in [0.2, 0.25) is 0 Å². The van der Waals surface area contributed by atoms with Gasteiger partial charge < -0.3 is 9.47 Å².